The molecule has 1 heterocycles. The van der Waals surface area contributed by atoms with Crippen LogP contribution >= 0.6 is 0 Å². The molecule has 0 spiro atoms. The average Bonchev–Trinajstić information content (AvgIpc) is 2.74. The van der Waals surface area contributed by atoms with Crippen LogP contribution in [0.25, 0.3) is 0 Å². The van der Waals surface area contributed by atoms with Gasteiger partial charge in [-0.15, -0.1) is 0 Å². The Balaban J connectivity index is 2.44. The fourth-order valence-electron chi connectivity index (χ4n) is 1.47. The minimum absolute atomic E-state index is 0.0885. The number of aromatic nitrogens is 1. The Hall–Kier alpha value is -1.73. The van der Waals surface area contributed by atoms with E-state index in [0.29, 0.717) is 12.2 Å². The van der Waals surface area contributed by atoms with Gasteiger partial charge in [0.1, 0.15) is 6.26 Å². The number of amides is 2. The van der Waals surface area contributed by atoms with E-state index in [1.54, 1.807) is 0 Å². The van der Waals surface area contributed by atoms with E-state index in [9.17, 15) is 18.0 Å². The molecule has 1 aromatic heterocycles. The minimum Gasteiger partial charge on any atom is -0.431 e. The van der Waals surface area contributed by atoms with Crippen LogP contribution in [-0.4, -0.2) is 17.1 Å². The number of carbonyl (C=O) groups is 1. The zero-order valence-electron chi connectivity index (χ0n) is 11.5. The van der Waals surface area contributed by atoms with Gasteiger partial charge in [-0.2, -0.15) is 18.2 Å². The van der Waals surface area contributed by atoms with Gasteiger partial charge in [-0.05, 0) is 25.7 Å². The van der Waals surface area contributed by atoms with Crippen molar-refractivity contribution in [3.8, 4) is 0 Å². The maximum absolute atomic E-state index is 12.3. The molecule has 1 atom stereocenters. The molecule has 0 aliphatic rings. The number of nitrogens with zero attached hydrogens (tertiary/aromatic N) is 1. The standard InChI is InChI=1S/C12H18F3N3O2/c1-7(2)4-5-8(3)16-10(19)18-11-17-9(6-20-11)12(13,14)15/h6-8H,4-5H2,1-3H3,(H2,16,17,18,19)/t8-/m1/s1. The summed E-state index contributed by atoms with van der Waals surface area (Å²) in [6.45, 7) is 5.95. The van der Waals surface area contributed by atoms with E-state index in [-0.39, 0.29) is 6.04 Å². The molecule has 0 aliphatic carbocycles. The predicted octanol–water partition coefficient (Wildman–Crippen LogP) is 3.64. The molecule has 0 saturated carbocycles. The molecule has 8 heteroatoms. The second-order valence-corrected chi connectivity index (χ2v) is 5.01. The molecule has 0 bridgehead atoms. The highest BCUT2D eigenvalue weighted by molar-refractivity contribution is 5.87. The predicted molar refractivity (Wildman–Crippen MR) is 67.2 cm³/mol. The van der Waals surface area contributed by atoms with Crippen LogP contribution in [0.5, 0.6) is 0 Å². The number of anilines is 1. The summed E-state index contributed by atoms with van der Waals surface area (Å²) < 4.78 is 41.4. The van der Waals surface area contributed by atoms with Gasteiger partial charge in [0.15, 0.2) is 5.69 Å². The first-order valence-electron chi connectivity index (χ1n) is 6.28. The largest absolute Gasteiger partial charge is 0.436 e. The van der Waals surface area contributed by atoms with Gasteiger partial charge in [-0.1, -0.05) is 13.8 Å². The average molecular weight is 293 g/mol. The Labute approximate surface area is 114 Å². The van der Waals surface area contributed by atoms with Crippen molar-refractivity contribution in [2.45, 2.75) is 45.8 Å². The Kier molecular flexibility index (Phi) is 5.41. The molecule has 2 N–H and O–H groups in total. The molecule has 20 heavy (non-hydrogen) atoms. The SMILES string of the molecule is CC(C)CC[C@@H](C)NC(=O)Nc1nc(C(F)(F)F)co1. The van der Waals surface area contributed by atoms with Gasteiger partial charge >= 0.3 is 18.2 Å². The third kappa shape index (κ3) is 5.50. The lowest BCUT2D eigenvalue weighted by atomic mass is 10.0. The van der Waals surface area contributed by atoms with Gasteiger partial charge in [0.2, 0.25) is 0 Å². The summed E-state index contributed by atoms with van der Waals surface area (Å²) in [5.74, 6) is 0.517. The van der Waals surface area contributed by atoms with Crippen LogP contribution in [0.2, 0.25) is 0 Å². The first kappa shape index (κ1) is 16.3. The number of oxazole rings is 1. The second-order valence-electron chi connectivity index (χ2n) is 5.01. The number of hydrogen-bond acceptors (Lipinski definition) is 3. The van der Waals surface area contributed by atoms with Crippen LogP contribution < -0.4 is 10.6 Å². The highest BCUT2D eigenvalue weighted by Gasteiger charge is 2.35. The minimum atomic E-state index is -4.59. The van der Waals surface area contributed by atoms with Crippen LogP contribution in [0.1, 0.15) is 39.3 Å². The summed E-state index contributed by atoms with van der Waals surface area (Å²) in [7, 11) is 0. The molecular formula is C12H18F3N3O2. The Morgan fingerprint density at radius 2 is 2.00 bits per heavy atom. The highest BCUT2D eigenvalue weighted by Crippen LogP contribution is 2.29. The molecule has 0 fully saturated rings. The second kappa shape index (κ2) is 6.62. The van der Waals surface area contributed by atoms with E-state index in [1.807, 2.05) is 6.92 Å². The lowest BCUT2D eigenvalue weighted by Crippen LogP contribution is -2.36. The quantitative estimate of drug-likeness (QED) is 0.871. The third-order valence-corrected chi connectivity index (χ3v) is 2.57. The molecule has 0 aromatic carbocycles. The van der Waals surface area contributed by atoms with Crippen molar-refractivity contribution < 1.29 is 22.4 Å². The maximum Gasteiger partial charge on any atom is 0.436 e. The van der Waals surface area contributed by atoms with E-state index >= 15 is 0 Å². The molecular weight excluding hydrogens is 275 g/mol. The van der Waals surface area contributed by atoms with Crippen LogP contribution in [0, 0.1) is 5.92 Å². The fourth-order valence-corrected chi connectivity index (χ4v) is 1.47. The van der Waals surface area contributed by atoms with E-state index in [0.717, 1.165) is 12.8 Å². The molecule has 0 aliphatic heterocycles. The summed E-state index contributed by atoms with van der Waals surface area (Å²) in [5.41, 5.74) is -1.18. The van der Waals surface area contributed by atoms with Gasteiger partial charge in [0.25, 0.3) is 0 Å². The normalized spacial score (nSPS) is 13.3. The van der Waals surface area contributed by atoms with Crippen molar-refractivity contribution in [2.75, 3.05) is 5.32 Å². The van der Waals surface area contributed by atoms with Gasteiger partial charge < -0.3 is 9.73 Å². The van der Waals surface area contributed by atoms with Gasteiger partial charge in [-0.25, -0.2) is 4.79 Å². The van der Waals surface area contributed by atoms with Gasteiger partial charge in [-0.3, -0.25) is 5.32 Å². The van der Waals surface area contributed by atoms with Crippen molar-refractivity contribution in [1.29, 1.82) is 0 Å². The van der Waals surface area contributed by atoms with Crippen molar-refractivity contribution in [1.82, 2.24) is 10.3 Å². The van der Waals surface area contributed by atoms with E-state index in [1.165, 1.54) is 0 Å². The third-order valence-electron chi connectivity index (χ3n) is 2.57. The highest BCUT2D eigenvalue weighted by atomic mass is 19.4. The Morgan fingerprint density at radius 1 is 1.35 bits per heavy atom. The van der Waals surface area contributed by atoms with Crippen molar-refractivity contribution in [3.05, 3.63) is 12.0 Å². The number of nitrogens with one attached hydrogen (secondary N) is 2. The number of halogens is 3. The summed E-state index contributed by atoms with van der Waals surface area (Å²) in [6, 6.07) is -1.21. The zero-order chi connectivity index (χ0) is 15.3. The lowest BCUT2D eigenvalue weighted by Gasteiger charge is -2.14. The Morgan fingerprint density at radius 3 is 2.50 bits per heavy atom. The molecule has 2 amide bonds. The monoisotopic (exact) mass is 293 g/mol. The Bertz CT molecular complexity index is 443. The molecule has 0 saturated heterocycles. The smallest absolute Gasteiger partial charge is 0.431 e. The number of hydrogen-bond donors (Lipinski definition) is 2. The molecule has 0 unspecified atom stereocenters. The van der Waals surface area contributed by atoms with Crippen LogP contribution in [-0.2, 0) is 6.18 Å². The lowest BCUT2D eigenvalue weighted by molar-refractivity contribution is -0.141. The van der Waals surface area contributed by atoms with E-state index in [2.05, 4.69) is 33.9 Å². The van der Waals surface area contributed by atoms with Crippen molar-refractivity contribution in [3.63, 3.8) is 0 Å². The summed E-state index contributed by atoms with van der Waals surface area (Å²) in [4.78, 5) is 14.7. The van der Waals surface area contributed by atoms with Crippen molar-refractivity contribution in [2.24, 2.45) is 5.92 Å². The summed E-state index contributed by atoms with van der Waals surface area (Å²) in [5, 5.41) is 4.73. The summed E-state index contributed by atoms with van der Waals surface area (Å²) >= 11 is 0. The summed E-state index contributed by atoms with van der Waals surface area (Å²) in [6.07, 6.45) is -2.41. The van der Waals surface area contributed by atoms with E-state index in [4.69, 9.17) is 0 Å². The molecule has 0 radical (unpaired) electrons. The maximum atomic E-state index is 12.3. The molecule has 1 aromatic rings. The van der Waals surface area contributed by atoms with Crippen LogP contribution in [0.3, 0.4) is 0 Å². The number of carbonyl (C=O) groups excluding carboxylic acids is 1. The molecule has 1 rings (SSSR count). The molecule has 114 valence electrons. The number of alkyl halides is 3. The van der Waals surface area contributed by atoms with Crippen LogP contribution in [0.4, 0.5) is 24.0 Å². The van der Waals surface area contributed by atoms with Gasteiger partial charge in [0, 0.05) is 6.04 Å². The van der Waals surface area contributed by atoms with Gasteiger partial charge in [0.05, 0.1) is 0 Å². The molecule has 5 nitrogen and oxygen atoms in total. The number of urea groups is 1. The number of rotatable bonds is 5. The van der Waals surface area contributed by atoms with Crippen molar-refractivity contribution >= 4 is 12.0 Å². The topological polar surface area (TPSA) is 67.2 Å². The zero-order valence-corrected chi connectivity index (χ0v) is 11.5. The van der Waals surface area contributed by atoms with Crippen LogP contribution in [0.15, 0.2) is 10.7 Å². The first-order valence-corrected chi connectivity index (χ1v) is 6.28. The first-order chi connectivity index (χ1) is 9.18. The van der Waals surface area contributed by atoms with E-state index < -0.39 is 23.9 Å². The fraction of sp³-hybridized carbons (Fsp3) is 0.667.